The predicted octanol–water partition coefficient (Wildman–Crippen LogP) is 2.66. The van der Waals surface area contributed by atoms with Gasteiger partial charge >= 0.3 is 0 Å². The Balaban J connectivity index is 2.19. The van der Waals surface area contributed by atoms with Crippen molar-refractivity contribution in [2.24, 2.45) is 0 Å². The number of sulfonamides is 1. The molecule has 0 amide bonds. The number of carbonyl (C=O) groups is 1. The first-order valence-electron chi connectivity index (χ1n) is 6.02. The van der Waals surface area contributed by atoms with Gasteiger partial charge in [0.1, 0.15) is 0 Å². The average molecular weight is 309 g/mol. The molecule has 1 aromatic heterocycles. The van der Waals surface area contributed by atoms with Crippen LogP contribution in [0.4, 0.5) is 0 Å². The average Bonchev–Trinajstić information content (AvgIpc) is 2.77. The Morgan fingerprint density at radius 2 is 1.85 bits per heavy atom. The number of thiophene rings is 1. The van der Waals surface area contributed by atoms with Crippen LogP contribution in [-0.4, -0.2) is 14.7 Å². The summed E-state index contributed by atoms with van der Waals surface area (Å²) in [5.74, 6) is 0. The summed E-state index contributed by atoms with van der Waals surface area (Å²) in [6, 6.07) is 6.64. The number of hydrogen-bond acceptors (Lipinski definition) is 4. The fourth-order valence-electron chi connectivity index (χ4n) is 1.78. The highest BCUT2D eigenvalue weighted by molar-refractivity contribution is 7.89. The molecule has 0 aliphatic heterocycles. The minimum Gasteiger partial charge on any atom is -0.297 e. The van der Waals surface area contributed by atoms with Crippen LogP contribution in [0.25, 0.3) is 0 Å². The van der Waals surface area contributed by atoms with Crippen molar-refractivity contribution in [3.63, 3.8) is 0 Å². The number of nitrogens with one attached hydrogen (secondary N) is 1. The normalized spacial score (nSPS) is 11.5. The topological polar surface area (TPSA) is 63.2 Å². The largest absolute Gasteiger partial charge is 0.297 e. The van der Waals surface area contributed by atoms with Gasteiger partial charge in [0.25, 0.3) is 0 Å². The van der Waals surface area contributed by atoms with Crippen molar-refractivity contribution in [2.75, 3.05) is 0 Å². The summed E-state index contributed by atoms with van der Waals surface area (Å²) in [6.07, 6.45) is 0.757. The second-order valence-corrected chi connectivity index (χ2v) is 7.20. The molecule has 106 valence electrons. The van der Waals surface area contributed by atoms with Gasteiger partial charge in [0.2, 0.25) is 10.0 Å². The molecule has 1 heterocycles. The number of carbonyl (C=O) groups excluding carboxylic acids is 1. The van der Waals surface area contributed by atoms with Gasteiger partial charge in [0.15, 0.2) is 6.29 Å². The summed E-state index contributed by atoms with van der Waals surface area (Å²) in [7, 11) is -3.56. The maximum atomic E-state index is 12.2. The Morgan fingerprint density at radius 1 is 1.20 bits per heavy atom. The first kappa shape index (κ1) is 14.9. The molecule has 0 aliphatic rings. The van der Waals surface area contributed by atoms with Gasteiger partial charge in [0, 0.05) is 6.54 Å². The van der Waals surface area contributed by atoms with E-state index in [-0.39, 0.29) is 11.4 Å². The Kier molecular flexibility index (Phi) is 4.37. The number of hydrogen-bond donors (Lipinski definition) is 1. The number of benzene rings is 1. The number of aryl methyl sites for hydroxylation is 2. The van der Waals surface area contributed by atoms with Crippen molar-refractivity contribution >= 4 is 27.6 Å². The Hall–Kier alpha value is -1.50. The van der Waals surface area contributed by atoms with Crippen LogP contribution in [-0.2, 0) is 16.6 Å². The Labute approximate surface area is 122 Å². The zero-order valence-electron chi connectivity index (χ0n) is 11.2. The molecule has 0 saturated heterocycles. The van der Waals surface area contributed by atoms with Gasteiger partial charge in [-0.15, -0.1) is 11.3 Å². The Bertz CT molecular complexity index is 715. The van der Waals surface area contributed by atoms with Crippen molar-refractivity contribution in [3.05, 3.63) is 51.2 Å². The molecule has 1 N–H and O–H groups in total. The van der Waals surface area contributed by atoms with Gasteiger partial charge in [-0.25, -0.2) is 13.1 Å². The standard InChI is InChI=1S/C14H15NO3S2/c1-10-3-5-12(6-4-10)20(17,18)15-7-13-11(2)9-19-14(13)8-16/h3-6,8-9,15H,7H2,1-2H3. The van der Waals surface area contributed by atoms with Crippen LogP contribution in [0.2, 0.25) is 0 Å². The summed E-state index contributed by atoms with van der Waals surface area (Å²) in [6.45, 7) is 3.88. The van der Waals surface area contributed by atoms with E-state index < -0.39 is 10.0 Å². The minimum atomic E-state index is -3.56. The summed E-state index contributed by atoms with van der Waals surface area (Å²) >= 11 is 1.32. The summed E-state index contributed by atoms with van der Waals surface area (Å²) in [4.78, 5) is 11.7. The van der Waals surface area contributed by atoms with E-state index in [0.717, 1.165) is 23.0 Å². The van der Waals surface area contributed by atoms with Crippen molar-refractivity contribution < 1.29 is 13.2 Å². The van der Waals surface area contributed by atoms with E-state index in [1.165, 1.54) is 11.3 Å². The van der Waals surface area contributed by atoms with Crippen molar-refractivity contribution in [1.29, 1.82) is 0 Å². The lowest BCUT2D eigenvalue weighted by Crippen LogP contribution is -2.23. The monoisotopic (exact) mass is 309 g/mol. The highest BCUT2D eigenvalue weighted by Crippen LogP contribution is 2.21. The molecular formula is C14H15NO3S2. The van der Waals surface area contributed by atoms with Crippen LogP contribution >= 0.6 is 11.3 Å². The molecule has 0 aliphatic carbocycles. The van der Waals surface area contributed by atoms with Gasteiger partial charge in [-0.1, -0.05) is 17.7 Å². The molecular weight excluding hydrogens is 294 g/mol. The summed E-state index contributed by atoms with van der Waals surface area (Å²) in [5.41, 5.74) is 2.66. The third kappa shape index (κ3) is 3.15. The van der Waals surface area contributed by atoms with E-state index in [4.69, 9.17) is 0 Å². The molecule has 0 radical (unpaired) electrons. The van der Waals surface area contributed by atoms with Crippen LogP contribution in [0.1, 0.15) is 26.4 Å². The molecule has 2 aromatic rings. The highest BCUT2D eigenvalue weighted by atomic mass is 32.2. The van der Waals surface area contributed by atoms with Crippen molar-refractivity contribution in [2.45, 2.75) is 25.3 Å². The predicted molar refractivity (Wildman–Crippen MR) is 79.6 cm³/mol. The molecule has 6 heteroatoms. The molecule has 20 heavy (non-hydrogen) atoms. The maximum Gasteiger partial charge on any atom is 0.240 e. The fourth-order valence-corrected chi connectivity index (χ4v) is 3.65. The lowest BCUT2D eigenvalue weighted by molar-refractivity contribution is 0.112. The third-order valence-corrected chi connectivity index (χ3v) is 5.50. The second-order valence-electron chi connectivity index (χ2n) is 4.52. The lowest BCUT2D eigenvalue weighted by Gasteiger charge is -2.07. The molecule has 2 rings (SSSR count). The molecule has 1 aromatic carbocycles. The zero-order chi connectivity index (χ0) is 14.8. The molecule has 0 atom stereocenters. The first-order valence-corrected chi connectivity index (χ1v) is 8.39. The van der Waals surface area contributed by atoms with Crippen molar-refractivity contribution in [1.82, 2.24) is 4.72 Å². The lowest BCUT2D eigenvalue weighted by atomic mass is 10.2. The van der Waals surface area contributed by atoms with Crippen LogP contribution in [0.15, 0.2) is 34.5 Å². The van der Waals surface area contributed by atoms with E-state index in [1.807, 2.05) is 19.2 Å². The van der Waals surface area contributed by atoms with Crippen LogP contribution < -0.4 is 4.72 Å². The first-order chi connectivity index (χ1) is 9.44. The van der Waals surface area contributed by atoms with Crippen LogP contribution in [0.3, 0.4) is 0 Å². The fraction of sp³-hybridized carbons (Fsp3) is 0.214. The van der Waals surface area contributed by atoms with Crippen LogP contribution in [0, 0.1) is 13.8 Å². The van der Waals surface area contributed by atoms with Crippen LogP contribution in [0.5, 0.6) is 0 Å². The van der Waals surface area contributed by atoms with E-state index in [1.54, 1.807) is 24.3 Å². The van der Waals surface area contributed by atoms with E-state index in [9.17, 15) is 13.2 Å². The molecule has 0 saturated carbocycles. The molecule has 0 spiro atoms. The van der Waals surface area contributed by atoms with Gasteiger partial charge in [0.05, 0.1) is 9.77 Å². The van der Waals surface area contributed by atoms with Gasteiger partial charge in [-0.3, -0.25) is 4.79 Å². The molecule has 0 fully saturated rings. The number of aldehydes is 1. The highest BCUT2D eigenvalue weighted by Gasteiger charge is 2.16. The second kappa shape index (κ2) is 5.87. The van der Waals surface area contributed by atoms with Crippen molar-refractivity contribution in [3.8, 4) is 0 Å². The van der Waals surface area contributed by atoms with Gasteiger partial charge < -0.3 is 0 Å². The molecule has 4 nitrogen and oxygen atoms in total. The molecule has 0 unspecified atom stereocenters. The zero-order valence-corrected chi connectivity index (χ0v) is 12.8. The van der Waals surface area contributed by atoms with E-state index in [2.05, 4.69) is 4.72 Å². The van der Waals surface area contributed by atoms with E-state index in [0.29, 0.717) is 4.88 Å². The quantitative estimate of drug-likeness (QED) is 0.864. The maximum absolute atomic E-state index is 12.2. The minimum absolute atomic E-state index is 0.125. The Morgan fingerprint density at radius 3 is 2.45 bits per heavy atom. The summed E-state index contributed by atoms with van der Waals surface area (Å²) in [5, 5.41) is 1.85. The molecule has 0 bridgehead atoms. The number of rotatable bonds is 5. The SMILES string of the molecule is Cc1ccc(S(=O)(=O)NCc2c(C)csc2C=O)cc1. The van der Waals surface area contributed by atoms with Gasteiger partial charge in [-0.2, -0.15) is 0 Å². The smallest absolute Gasteiger partial charge is 0.240 e. The third-order valence-electron chi connectivity index (χ3n) is 3.01. The van der Waals surface area contributed by atoms with E-state index >= 15 is 0 Å². The van der Waals surface area contributed by atoms with Gasteiger partial charge in [-0.05, 0) is 42.5 Å². The summed E-state index contributed by atoms with van der Waals surface area (Å²) < 4.78 is 26.8.